The highest BCUT2D eigenvalue weighted by molar-refractivity contribution is 5.94. The van der Waals surface area contributed by atoms with Gasteiger partial charge in [0.15, 0.2) is 11.5 Å². The summed E-state index contributed by atoms with van der Waals surface area (Å²) >= 11 is 0. The molecule has 0 aliphatic carbocycles. The Bertz CT molecular complexity index is 1010. The second kappa shape index (κ2) is 11.3. The fourth-order valence-corrected chi connectivity index (χ4v) is 4.66. The molecule has 1 atom stereocenters. The number of piperazine rings is 1. The van der Waals surface area contributed by atoms with Gasteiger partial charge >= 0.3 is 0 Å². The predicted octanol–water partition coefficient (Wildman–Crippen LogP) is 4.50. The van der Waals surface area contributed by atoms with E-state index in [1.54, 1.807) is 14.2 Å². The molecule has 182 valence electrons. The molecule has 0 spiro atoms. The molecule has 1 heterocycles. The first-order valence-electron chi connectivity index (χ1n) is 11.8. The average Bonchev–Trinajstić information content (AvgIpc) is 2.86. The van der Waals surface area contributed by atoms with Crippen LogP contribution in [0.1, 0.15) is 42.6 Å². The maximum Gasteiger partial charge on any atom is 0.253 e. The number of carbonyl (C=O) groups is 1. The molecule has 2 aromatic carbocycles. The summed E-state index contributed by atoms with van der Waals surface area (Å²) in [5, 5.41) is 10.2. The Morgan fingerprint density at radius 1 is 1.06 bits per heavy atom. The number of amides is 1. The molecular formula is C27H34FN3O3. The molecule has 0 bridgehead atoms. The van der Waals surface area contributed by atoms with Gasteiger partial charge in [-0.25, -0.2) is 4.39 Å². The smallest absolute Gasteiger partial charge is 0.253 e. The molecule has 1 aliphatic heterocycles. The molecule has 1 saturated heterocycles. The molecule has 7 heteroatoms. The molecular weight excluding hydrogens is 433 g/mol. The van der Waals surface area contributed by atoms with Crippen LogP contribution in [0.3, 0.4) is 0 Å². The van der Waals surface area contributed by atoms with Crippen molar-refractivity contribution in [3.63, 3.8) is 0 Å². The number of halogens is 1. The van der Waals surface area contributed by atoms with Crippen molar-refractivity contribution in [3.05, 3.63) is 59.4 Å². The summed E-state index contributed by atoms with van der Waals surface area (Å²) in [6.07, 6.45) is 1.59. The quantitative estimate of drug-likeness (QED) is 0.543. The van der Waals surface area contributed by atoms with Gasteiger partial charge in [-0.1, -0.05) is 19.9 Å². The minimum absolute atomic E-state index is 0.0589. The molecule has 6 nitrogen and oxygen atoms in total. The van der Waals surface area contributed by atoms with Crippen molar-refractivity contribution in [3.8, 4) is 17.6 Å². The average molecular weight is 468 g/mol. The van der Waals surface area contributed by atoms with E-state index < -0.39 is 5.41 Å². The topological polar surface area (TPSA) is 65.8 Å². The molecule has 1 fully saturated rings. The molecule has 34 heavy (non-hydrogen) atoms. The first-order valence-corrected chi connectivity index (χ1v) is 11.8. The molecule has 1 amide bonds. The van der Waals surface area contributed by atoms with Gasteiger partial charge in [0, 0.05) is 31.7 Å². The Morgan fingerprint density at radius 3 is 2.26 bits per heavy atom. The first kappa shape index (κ1) is 25.5. The third kappa shape index (κ3) is 5.51. The van der Waals surface area contributed by atoms with Crippen molar-refractivity contribution in [1.82, 2.24) is 9.80 Å². The van der Waals surface area contributed by atoms with Gasteiger partial charge in [0.1, 0.15) is 5.82 Å². The van der Waals surface area contributed by atoms with Crippen LogP contribution in [-0.2, 0) is 5.41 Å². The van der Waals surface area contributed by atoms with E-state index in [2.05, 4.69) is 24.8 Å². The molecule has 0 saturated carbocycles. The number of hydrogen-bond donors (Lipinski definition) is 0. The van der Waals surface area contributed by atoms with Crippen molar-refractivity contribution in [2.45, 2.75) is 32.1 Å². The third-order valence-corrected chi connectivity index (χ3v) is 6.88. The van der Waals surface area contributed by atoms with E-state index in [4.69, 9.17) is 9.47 Å². The van der Waals surface area contributed by atoms with Gasteiger partial charge < -0.3 is 14.4 Å². The lowest BCUT2D eigenvalue weighted by atomic mass is 9.69. The minimum Gasteiger partial charge on any atom is -0.493 e. The fourth-order valence-electron chi connectivity index (χ4n) is 4.66. The third-order valence-electron chi connectivity index (χ3n) is 6.88. The highest BCUT2D eigenvalue weighted by Crippen LogP contribution is 2.40. The maximum absolute atomic E-state index is 13.1. The van der Waals surface area contributed by atoms with Gasteiger partial charge in [0.2, 0.25) is 0 Å². The van der Waals surface area contributed by atoms with Gasteiger partial charge in [-0.2, -0.15) is 5.26 Å². The van der Waals surface area contributed by atoms with Crippen LogP contribution >= 0.6 is 0 Å². The van der Waals surface area contributed by atoms with Crippen LogP contribution in [0.25, 0.3) is 0 Å². The largest absolute Gasteiger partial charge is 0.493 e. The monoisotopic (exact) mass is 467 g/mol. The van der Waals surface area contributed by atoms with Crippen molar-refractivity contribution in [1.29, 1.82) is 5.26 Å². The van der Waals surface area contributed by atoms with Gasteiger partial charge in [0.05, 0.1) is 25.7 Å². The summed E-state index contributed by atoms with van der Waals surface area (Å²) in [6.45, 7) is 7.87. The normalized spacial score (nSPS) is 16.1. The van der Waals surface area contributed by atoms with E-state index in [0.29, 0.717) is 30.2 Å². The molecule has 2 aromatic rings. The number of rotatable bonds is 9. The lowest BCUT2D eigenvalue weighted by Gasteiger charge is -2.36. The SMILES string of the molecule is COc1ccc(C(C#N)(CCCN2CCN(C(=O)c3ccc(F)cc3)CC2)C(C)C)cc1OC. The van der Waals surface area contributed by atoms with Gasteiger partial charge in [-0.05, 0) is 67.3 Å². The molecule has 1 unspecified atom stereocenters. The second-order valence-corrected chi connectivity index (χ2v) is 9.05. The fraction of sp³-hybridized carbons (Fsp3) is 0.481. The van der Waals surface area contributed by atoms with Gasteiger partial charge in [-0.3, -0.25) is 9.69 Å². The lowest BCUT2D eigenvalue weighted by Crippen LogP contribution is -2.49. The van der Waals surface area contributed by atoms with Crippen LogP contribution < -0.4 is 9.47 Å². The van der Waals surface area contributed by atoms with Crippen LogP contribution in [0.2, 0.25) is 0 Å². The number of nitriles is 1. The van der Waals surface area contributed by atoms with Crippen molar-refractivity contribution in [2.24, 2.45) is 5.92 Å². The van der Waals surface area contributed by atoms with Crippen LogP contribution in [0.15, 0.2) is 42.5 Å². The highest BCUT2D eigenvalue weighted by Gasteiger charge is 2.36. The first-order chi connectivity index (χ1) is 16.3. The predicted molar refractivity (Wildman–Crippen MR) is 130 cm³/mol. The zero-order valence-corrected chi connectivity index (χ0v) is 20.5. The Labute approximate surface area is 201 Å². The summed E-state index contributed by atoms with van der Waals surface area (Å²) < 4.78 is 24.0. The van der Waals surface area contributed by atoms with E-state index in [1.807, 2.05) is 23.1 Å². The highest BCUT2D eigenvalue weighted by atomic mass is 19.1. The Kier molecular flexibility index (Phi) is 8.51. The number of methoxy groups -OCH3 is 2. The molecule has 0 aromatic heterocycles. The Balaban J connectivity index is 1.59. The summed E-state index contributed by atoms with van der Waals surface area (Å²) in [7, 11) is 3.20. The zero-order valence-electron chi connectivity index (χ0n) is 20.5. The summed E-state index contributed by atoms with van der Waals surface area (Å²) in [4.78, 5) is 16.8. The summed E-state index contributed by atoms with van der Waals surface area (Å²) in [6, 6.07) is 14.1. The van der Waals surface area contributed by atoms with Crippen molar-refractivity contribution in [2.75, 3.05) is 46.9 Å². The van der Waals surface area contributed by atoms with E-state index in [9.17, 15) is 14.4 Å². The van der Waals surface area contributed by atoms with E-state index >= 15 is 0 Å². The van der Waals surface area contributed by atoms with Crippen LogP contribution in [0.5, 0.6) is 11.5 Å². The van der Waals surface area contributed by atoms with Crippen LogP contribution in [0, 0.1) is 23.1 Å². The summed E-state index contributed by atoms with van der Waals surface area (Å²) in [5.41, 5.74) is 0.831. The number of carbonyl (C=O) groups excluding carboxylic acids is 1. The van der Waals surface area contributed by atoms with E-state index in [1.165, 1.54) is 24.3 Å². The number of hydrogen-bond acceptors (Lipinski definition) is 5. The van der Waals surface area contributed by atoms with Gasteiger partial charge in [-0.15, -0.1) is 0 Å². The van der Waals surface area contributed by atoms with E-state index in [-0.39, 0.29) is 17.6 Å². The van der Waals surface area contributed by atoms with Crippen molar-refractivity contribution >= 4 is 5.91 Å². The van der Waals surface area contributed by atoms with Gasteiger partial charge in [0.25, 0.3) is 5.91 Å². The molecule has 1 aliphatic rings. The van der Waals surface area contributed by atoms with Crippen LogP contribution in [-0.4, -0.2) is 62.7 Å². The Hall–Kier alpha value is -3.11. The number of ether oxygens (including phenoxy) is 2. The lowest BCUT2D eigenvalue weighted by molar-refractivity contribution is 0.0633. The molecule has 0 N–H and O–H groups in total. The van der Waals surface area contributed by atoms with E-state index in [0.717, 1.165) is 38.0 Å². The van der Waals surface area contributed by atoms with Crippen LogP contribution in [0.4, 0.5) is 4.39 Å². The summed E-state index contributed by atoms with van der Waals surface area (Å²) in [5.74, 6) is 0.999. The number of benzene rings is 2. The molecule has 3 rings (SSSR count). The number of nitrogens with zero attached hydrogens (tertiary/aromatic N) is 3. The maximum atomic E-state index is 13.1. The Morgan fingerprint density at radius 2 is 1.71 bits per heavy atom. The standard InChI is InChI=1S/C27H34FN3O3/c1-20(2)27(19-29,22-8-11-24(33-3)25(18-22)34-4)12-5-13-30-14-16-31(17-15-30)26(32)21-6-9-23(28)10-7-21/h6-11,18,20H,5,12-17H2,1-4H3. The second-order valence-electron chi connectivity index (χ2n) is 9.05. The molecule has 0 radical (unpaired) electrons. The zero-order chi connectivity index (χ0) is 24.7. The minimum atomic E-state index is -0.625. The van der Waals surface area contributed by atoms with Crippen molar-refractivity contribution < 1.29 is 18.7 Å².